The molecule has 0 spiro atoms. The summed E-state index contributed by atoms with van der Waals surface area (Å²) in [6.07, 6.45) is 4.79. The first kappa shape index (κ1) is 18.9. The minimum Gasteiger partial charge on any atom is -0.399 e. The second-order valence-corrected chi connectivity index (χ2v) is 6.90. The number of nitrogens with one attached hydrogen (secondary N) is 2. The molecule has 0 unspecified atom stereocenters. The van der Waals surface area contributed by atoms with Gasteiger partial charge in [0.25, 0.3) is 5.91 Å². The Morgan fingerprint density at radius 3 is 2.26 bits per heavy atom. The summed E-state index contributed by atoms with van der Waals surface area (Å²) in [7, 11) is 0. The number of nitrogens with two attached hydrogens (primary N) is 1. The number of benzene rings is 2. The molecule has 1 fully saturated rings. The lowest BCUT2D eigenvalue weighted by molar-refractivity contribution is -0.117. The van der Waals surface area contributed by atoms with E-state index in [-0.39, 0.29) is 11.8 Å². The number of carbonyl (C=O) groups is 2. The van der Waals surface area contributed by atoms with E-state index in [4.69, 9.17) is 5.73 Å². The molecule has 0 atom stereocenters. The third-order valence-corrected chi connectivity index (χ3v) is 4.62. The first-order valence-corrected chi connectivity index (χ1v) is 9.39. The average molecular weight is 366 g/mol. The van der Waals surface area contributed by atoms with Crippen LogP contribution in [0.4, 0.5) is 17.1 Å². The third kappa shape index (κ3) is 5.82. The van der Waals surface area contributed by atoms with Gasteiger partial charge in [0.05, 0.1) is 6.54 Å². The number of likely N-dealkylation sites (tertiary alicyclic amines) is 1. The average Bonchev–Trinajstić information content (AvgIpc) is 2.90. The van der Waals surface area contributed by atoms with E-state index < -0.39 is 0 Å². The fraction of sp³-hybridized carbons (Fsp3) is 0.333. The van der Waals surface area contributed by atoms with Gasteiger partial charge in [-0.3, -0.25) is 14.5 Å². The van der Waals surface area contributed by atoms with Gasteiger partial charge >= 0.3 is 0 Å². The van der Waals surface area contributed by atoms with E-state index in [1.54, 1.807) is 42.5 Å². The molecule has 0 radical (unpaired) electrons. The summed E-state index contributed by atoms with van der Waals surface area (Å²) in [5.41, 5.74) is 8.04. The summed E-state index contributed by atoms with van der Waals surface area (Å²) < 4.78 is 0. The van der Waals surface area contributed by atoms with Gasteiger partial charge in [0.2, 0.25) is 5.91 Å². The standard InChI is InChI=1S/C21H26N4O2/c22-17-8-5-7-16(13-17)21(27)24-19-10-6-9-18(14-19)23-20(26)15-25-11-3-1-2-4-12-25/h5-10,13-14H,1-4,11-12,15,22H2,(H,23,26)(H,24,27). The molecule has 1 saturated heterocycles. The first-order valence-electron chi connectivity index (χ1n) is 9.39. The molecule has 0 aliphatic carbocycles. The Labute approximate surface area is 159 Å². The number of rotatable bonds is 5. The normalized spacial score (nSPS) is 15.0. The smallest absolute Gasteiger partial charge is 0.255 e. The van der Waals surface area contributed by atoms with Gasteiger partial charge in [0.15, 0.2) is 0 Å². The molecule has 4 N–H and O–H groups in total. The molecule has 142 valence electrons. The lowest BCUT2D eigenvalue weighted by Gasteiger charge is -2.19. The molecule has 0 bridgehead atoms. The largest absolute Gasteiger partial charge is 0.399 e. The Balaban J connectivity index is 1.58. The van der Waals surface area contributed by atoms with Crippen LogP contribution in [0.1, 0.15) is 36.0 Å². The van der Waals surface area contributed by atoms with Crippen LogP contribution in [0.25, 0.3) is 0 Å². The van der Waals surface area contributed by atoms with Gasteiger partial charge in [-0.1, -0.05) is 25.0 Å². The van der Waals surface area contributed by atoms with Crippen molar-refractivity contribution in [1.29, 1.82) is 0 Å². The number of amides is 2. The molecule has 3 rings (SSSR count). The Kier molecular flexibility index (Phi) is 6.44. The highest BCUT2D eigenvalue weighted by molar-refractivity contribution is 6.05. The van der Waals surface area contributed by atoms with E-state index in [2.05, 4.69) is 15.5 Å². The van der Waals surface area contributed by atoms with Crippen LogP contribution >= 0.6 is 0 Å². The molecule has 1 aliphatic rings. The predicted molar refractivity (Wildman–Crippen MR) is 109 cm³/mol. The minimum atomic E-state index is -0.240. The van der Waals surface area contributed by atoms with Gasteiger partial charge in [-0.05, 0) is 62.3 Å². The molecule has 2 aromatic rings. The SMILES string of the molecule is Nc1cccc(C(=O)Nc2cccc(NC(=O)CN3CCCCCC3)c2)c1. The van der Waals surface area contributed by atoms with Crippen molar-refractivity contribution in [3.05, 3.63) is 54.1 Å². The summed E-state index contributed by atoms with van der Waals surface area (Å²) in [6.45, 7) is 2.35. The molecule has 6 heteroatoms. The third-order valence-electron chi connectivity index (χ3n) is 4.62. The Bertz CT molecular complexity index is 798. The van der Waals surface area contributed by atoms with Crippen molar-refractivity contribution in [2.75, 3.05) is 36.0 Å². The number of hydrogen-bond donors (Lipinski definition) is 3. The van der Waals surface area contributed by atoms with Crippen LogP contribution in [0.5, 0.6) is 0 Å². The zero-order chi connectivity index (χ0) is 19.1. The van der Waals surface area contributed by atoms with Crippen LogP contribution in [-0.2, 0) is 4.79 Å². The lowest BCUT2D eigenvalue weighted by atomic mass is 10.2. The lowest BCUT2D eigenvalue weighted by Crippen LogP contribution is -2.33. The Hall–Kier alpha value is -2.86. The van der Waals surface area contributed by atoms with E-state index in [0.29, 0.717) is 29.2 Å². The maximum Gasteiger partial charge on any atom is 0.255 e. The van der Waals surface area contributed by atoms with Crippen molar-refractivity contribution >= 4 is 28.9 Å². The van der Waals surface area contributed by atoms with Crippen molar-refractivity contribution in [1.82, 2.24) is 4.90 Å². The molecule has 1 heterocycles. The second-order valence-electron chi connectivity index (χ2n) is 6.90. The summed E-state index contributed by atoms with van der Waals surface area (Å²) in [5.74, 6) is -0.272. The molecule has 0 aromatic heterocycles. The van der Waals surface area contributed by atoms with Crippen LogP contribution in [0.3, 0.4) is 0 Å². The molecule has 2 aromatic carbocycles. The fourth-order valence-electron chi connectivity index (χ4n) is 3.26. The van der Waals surface area contributed by atoms with Crippen LogP contribution < -0.4 is 16.4 Å². The number of nitrogens with zero attached hydrogens (tertiary/aromatic N) is 1. The topological polar surface area (TPSA) is 87.5 Å². The van der Waals surface area contributed by atoms with E-state index in [9.17, 15) is 9.59 Å². The molecular formula is C21H26N4O2. The fourth-order valence-corrected chi connectivity index (χ4v) is 3.26. The van der Waals surface area contributed by atoms with Crippen LogP contribution in [0.2, 0.25) is 0 Å². The highest BCUT2D eigenvalue weighted by Crippen LogP contribution is 2.17. The quantitative estimate of drug-likeness (QED) is 0.708. The van der Waals surface area contributed by atoms with Crippen molar-refractivity contribution in [3.63, 3.8) is 0 Å². The molecule has 0 saturated carbocycles. The molecular weight excluding hydrogens is 340 g/mol. The van der Waals surface area contributed by atoms with E-state index in [0.717, 1.165) is 25.9 Å². The Morgan fingerprint density at radius 2 is 1.56 bits per heavy atom. The highest BCUT2D eigenvalue weighted by Gasteiger charge is 2.13. The van der Waals surface area contributed by atoms with Crippen LogP contribution in [0.15, 0.2) is 48.5 Å². The van der Waals surface area contributed by atoms with Gasteiger partial charge in [0.1, 0.15) is 0 Å². The van der Waals surface area contributed by atoms with Crippen molar-refractivity contribution < 1.29 is 9.59 Å². The number of carbonyl (C=O) groups excluding carboxylic acids is 2. The van der Waals surface area contributed by atoms with E-state index in [1.165, 1.54) is 12.8 Å². The molecule has 6 nitrogen and oxygen atoms in total. The molecule has 1 aliphatic heterocycles. The number of anilines is 3. The van der Waals surface area contributed by atoms with Crippen molar-refractivity contribution in [2.45, 2.75) is 25.7 Å². The number of nitrogen functional groups attached to an aromatic ring is 1. The van der Waals surface area contributed by atoms with Gasteiger partial charge in [-0.15, -0.1) is 0 Å². The van der Waals surface area contributed by atoms with E-state index >= 15 is 0 Å². The molecule has 27 heavy (non-hydrogen) atoms. The van der Waals surface area contributed by atoms with E-state index in [1.807, 2.05) is 6.07 Å². The van der Waals surface area contributed by atoms with Gasteiger partial charge in [0, 0.05) is 22.6 Å². The van der Waals surface area contributed by atoms with Gasteiger partial charge < -0.3 is 16.4 Å². The summed E-state index contributed by atoms with van der Waals surface area (Å²) in [6, 6.07) is 14.0. The second kappa shape index (κ2) is 9.19. The highest BCUT2D eigenvalue weighted by atomic mass is 16.2. The van der Waals surface area contributed by atoms with Crippen molar-refractivity contribution in [2.24, 2.45) is 0 Å². The van der Waals surface area contributed by atoms with Gasteiger partial charge in [-0.25, -0.2) is 0 Å². The first-order chi connectivity index (χ1) is 13.1. The van der Waals surface area contributed by atoms with Gasteiger partial charge in [-0.2, -0.15) is 0 Å². The Morgan fingerprint density at radius 1 is 0.889 bits per heavy atom. The zero-order valence-electron chi connectivity index (χ0n) is 15.4. The maximum atomic E-state index is 12.3. The minimum absolute atomic E-state index is 0.0313. The maximum absolute atomic E-state index is 12.3. The zero-order valence-corrected chi connectivity index (χ0v) is 15.4. The van der Waals surface area contributed by atoms with Crippen LogP contribution in [-0.4, -0.2) is 36.3 Å². The summed E-state index contributed by atoms with van der Waals surface area (Å²) in [4.78, 5) is 26.9. The summed E-state index contributed by atoms with van der Waals surface area (Å²) >= 11 is 0. The van der Waals surface area contributed by atoms with Crippen LogP contribution in [0, 0.1) is 0 Å². The summed E-state index contributed by atoms with van der Waals surface area (Å²) in [5, 5.41) is 5.75. The number of hydrogen-bond acceptors (Lipinski definition) is 4. The molecule has 2 amide bonds. The predicted octanol–water partition coefficient (Wildman–Crippen LogP) is 3.34. The van der Waals surface area contributed by atoms with Crippen molar-refractivity contribution in [3.8, 4) is 0 Å². The monoisotopic (exact) mass is 366 g/mol.